The predicted molar refractivity (Wildman–Crippen MR) is 80.0 cm³/mol. The second-order valence-electron chi connectivity index (χ2n) is 5.15. The van der Waals surface area contributed by atoms with Crippen molar-refractivity contribution < 1.29 is 19.1 Å². The Morgan fingerprint density at radius 3 is 2.23 bits per heavy atom. The minimum Gasteiger partial charge on any atom is -0.481 e. The molecule has 2 atom stereocenters. The Morgan fingerprint density at radius 2 is 1.77 bits per heavy atom. The lowest BCUT2D eigenvalue weighted by Crippen LogP contribution is -2.49. The van der Waals surface area contributed by atoms with E-state index in [0.717, 1.165) is 0 Å². The lowest BCUT2D eigenvalue weighted by atomic mass is 10.0. The van der Waals surface area contributed by atoms with Crippen LogP contribution in [-0.4, -0.2) is 31.1 Å². The lowest BCUT2D eigenvalue weighted by Gasteiger charge is -2.22. The number of hydrogen-bond donors (Lipinski definition) is 1. The molecule has 0 saturated heterocycles. The van der Waals surface area contributed by atoms with E-state index in [1.165, 1.54) is 7.11 Å². The summed E-state index contributed by atoms with van der Waals surface area (Å²) >= 11 is 0. The van der Waals surface area contributed by atoms with E-state index in [1.807, 2.05) is 19.9 Å². The summed E-state index contributed by atoms with van der Waals surface area (Å²) in [5, 5.41) is 11.3. The van der Waals surface area contributed by atoms with E-state index < -0.39 is 24.0 Å². The number of esters is 1. The third-order valence-electron chi connectivity index (χ3n) is 3.09. The van der Waals surface area contributed by atoms with Gasteiger partial charge in [0.25, 0.3) is 5.91 Å². The highest BCUT2D eigenvalue weighted by Gasteiger charge is 2.27. The minimum absolute atomic E-state index is 0.0986. The number of nitrogens with one attached hydrogen (secondary N) is 1. The molecule has 22 heavy (non-hydrogen) atoms. The number of hydrogen-bond acceptors (Lipinski definition) is 5. The zero-order chi connectivity index (χ0) is 16.7. The summed E-state index contributed by atoms with van der Waals surface area (Å²) < 4.78 is 10.2. The first-order valence-corrected chi connectivity index (χ1v) is 6.94. The Labute approximate surface area is 130 Å². The average molecular weight is 304 g/mol. The Hall–Kier alpha value is -2.55. The van der Waals surface area contributed by atoms with Crippen LogP contribution in [0.15, 0.2) is 24.3 Å². The molecule has 1 aromatic rings. The molecule has 0 spiro atoms. The summed E-state index contributed by atoms with van der Waals surface area (Å²) in [4.78, 5) is 23.7. The van der Waals surface area contributed by atoms with Gasteiger partial charge in [-0.05, 0) is 37.1 Å². The van der Waals surface area contributed by atoms with Crippen LogP contribution >= 0.6 is 0 Å². The van der Waals surface area contributed by atoms with Gasteiger partial charge >= 0.3 is 5.97 Å². The van der Waals surface area contributed by atoms with Gasteiger partial charge < -0.3 is 14.8 Å². The molecule has 6 heteroatoms. The molecule has 0 aromatic heterocycles. The van der Waals surface area contributed by atoms with E-state index in [4.69, 9.17) is 10.00 Å². The summed E-state index contributed by atoms with van der Waals surface area (Å²) in [6.45, 7) is 5.21. The molecule has 1 unspecified atom stereocenters. The molecule has 0 radical (unpaired) electrons. The number of amides is 1. The van der Waals surface area contributed by atoms with Crippen LogP contribution in [0.4, 0.5) is 0 Å². The smallest absolute Gasteiger partial charge is 0.328 e. The minimum atomic E-state index is -0.779. The van der Waals surface area contributed by atoms with Gasteiger partial charge in [-0.2, -0.15) is 5.26 Å². The van der Waals surface area contributed by atoms with E-state index in [9.17, 15) is 9.59 Å². The molecule has 0 bridgehead atoms. The number of methoxy groups -OCH3 is 1. The topological polar surface area (TPSA) is 88.4 Å². The van der Waals surface area contributed by atoms with Crippen LogP contribution in [0.25, 0.3) is 0 Å². The third-order valence-corrected chi connectivity index (χ3v) is 3.09. The summed E-state index contributed by atoms with van der Waals surface area (Å²) in [6.07, 6.45) is -0.779. The predicted octanol–water partition coefficient (Wildman–Crippen LogP) is 1.64. The van der Waals surface area contributed by atoms with E-state index >= 15 is 0 Å². The van der Waals surface area contributed by atoms with Crippen LogP contribution in [0.3, 0.4) is 0 Å². The van der Waals surface area contributed by atoms with Crippen LogP contribution in [0, 0.1) is 17.2 Å². The maximum absolute atomic E-state index is 12.1. The maximum atomic E-state index is 12.1. The molecule has 118 valence electrons. The first kappa shape index (κ1) is 17.5. The second kappa shape index (κ2) is 8.03. The molecule has 1 aromatic carbocycles. The van der Waals surface area contributed by atoms with Gasteiger partial charge in [-0.3, -0.25) is 4.79 Å². The highest BCUT2D eigenvalue weighted by Crippen LogP contribution is 2.14. The summed E-state index contributed by atoms with van der Waals surface area (Å²) in [6, 6.07) is 7.72. The first-order chi connectivity index (χ1) is 10.4. The molecule has 0 aliphatic rings. The fourth-order valence-corrected chi connectivity index (χ4v) is 1.76. The Kier molecular flexibility index (Phi) is 6.39. The van der Waals surface area contributed by atoms with Gasteiger partial charge in [-0.1, -0.05) is 13.8 Å². The molecule has 0 aliphatic heterocycles. The molecular weight excluding hydrogens is 284 g/mol. The molecule has 6 nitrogen and oxygen atoms in total. The van der Waals surface area contributed by atoms with Crippen LogP contribution in [0.1, 0.15) is 26.3 Å². The van der Waals surface area contributed by atoms with Crippen molar-refractivity contribution in [1.82, 2.24) is 5.32 Å². The van der Waals surface area contributed by atoms with Gasteiger partial charge in [0.05, 0.1) is 18.7 Å². The highest BCUT2D eigenvalue weighted by atomic mass is 16.5. The van der Waals surface area contributed by atoms with Crippen molar-refractivity contribution in [3.8, 4) is 11.8 Å². The lowest BCUT2D eigenvalue weighted by molar-refractivity contribution is -0.147. The van der Waals surface area contributed by atoms with Crippen molar-refractivity contribution in [1.29, 1.82) is 5.26 Å². The van der Waals surface area contributed by atoms with Gasteiger partial charge in [0.15, 0.2) is 6.10 Å². The Balaban J connectivity index is 2.67. The quantitative estimate of drug-likeness (QED) is 0.807. The molecule has 0 aliphatic carbocycles. The van der Waals surface area contributed by atoms with Crippen molar-refractivity contribution in [2.24, 2.45) is 5.92 Å². The number of ether oxygens (including phenoxy) is 2. The fourth-order valence-electron chi connectivity index (χ4n) is 1.76. The zero-order valence-corrected chi connectivity index (χ0v) is 13.1. The van der Waals surface area contributed by atoms with E-state index in [1.54, 1.807) is 31.2 Å². The Bertz CT molecular complexity index is 561. The van der Waals surface area contributed by atoms with Crippen LogP contribution in [-0.2, 0) is 14.3 Å². The average Bonchev–Trinajstić information content (AvgIpc) is 2.51. The van der Waals surface area contributed by atoms with E-state index in [0.29, 0.717) is 11.3 Å². The van der Waals surface area contributed by atoms with E-state index in [-0.39, 0.29) is 5.92 Å². The number of carbonyl (C=O) groups excluding carboxylic acids is 2. The zero-order valence-electron chi connectivity index (χ0n) is 13.1. The van der Waals surface area contributed by atoms with Crippen molar-refractivity contribution in [3.05, 3.63) is 29.8 Å². The second-order valence-corrected chi connectivity index (χ2v) is 5.15. The third kappa shape index (κ3) is 4.77. The van der Waals surface area contributed by atoms with Crippen molar-refractivity contribution in [2.75, 3.05) is 7.11 Å². The SMILES string of the molecule is COC(=O)[C@@H](NC(=O)C(C)Oc1ccc(C#N)cc1)C(C)C. The van der Waals surface area contributed by atoms with Gasteiger partial charge in [0.2, 0.25) is 0 Å². The van der Waals surface area contributed by atoms with Gasteiger partial charge in [0.1, 0.15) is 11.8 Å². The number of rotatable bonds is 6. The monoisotopic (exact) mass is 304 g/mol. The van der Waals surface area contributed by atoms with Crippen LogP contribution in [0.2, 0.25) is 0 Å². The first-order valence-electron chi connectivity index (χ1n) is 6.94. The Morgan fingerprint density at radius 1 is 1.18 bits per heavy atom. The van der Waals surface area contributed by atoms with Gasteiger partial charge in [-0.25, -0.2) is 4.79 Å². The number of nitrogens with zero attached hydrogens (tertiary/aromatic N) is 1. The molecule has 0 saturated carbocycles. The number of carbonyl (C=O) groups is 2. The standard InChI is InChI=1S/C16H20N2O4/c1-10(2)14(16(20)21-4)18-15(19)11(3)22-13-7-5-12(9-17)6-8-13/h5-8,10-11,14H,1-4H3,(H,18,19)/t11?,14-/m0/s1. The largest absolute Gasteiger partial charge is 0.481 e. The van der Waals surface area contributed by atoms with Crippen LogP contribution < -0.4 is 10.1 Å². The normalized spacial score (nSPS) is 12.9. The fraction of sp³-hybridized carbons (Fsp3) is 0.438. The number of nitriles is 1. The summed E-state index contributed by atoms with van der Waals surface area (Å²) in [7, 11) is 1.28. The van der Waals surface area contributed by atoms with Crippen LogP contribution in [0.5, 0.6) is 5.75 Å². The van der Waals surface area contributed by atoms with Crippen molar-refractivity contribution in [2.45, 2.75) is 32.9 Å². The summed E-state index contributed by atoms with van der Waals surface area (Å²) in [5.41, 5.74) is 0.509. The summed E-state index contributed by atoms with van der Waals surface area (Å²) in [5.74, 6) is -0.526. The molecular formula is C16H20N2O4. The molecule has 1 rings (SSSR count). The van der Waals surface area contributed by atoms with Gasteiger partial charge in [0, 0.05) is 0 Å². The highest BCUT2D eigenvalue weighted by molar-refractivity contribution is 5.87. The molecule has 1 amide bonds. The van der Waals surface area contributed by atoms with Gasteiger partial charge in [-0.15, -0.1) is 0 Å². The maximum Gasteiger partial charge on any atom is 0.328 e. The van der Waals surface area contributed by atoms with Crippen molar-refractivity contribution in [3.63, 3.8) is 0 Å². The molecule has 1 N–H and O–H groups in total. The molecule has 0 fully saturated rings. The number of benzene rings is 1. The van der Waals surface area contributed by atoms with E-state index in [2.05, 4.69) is 10.1 Å². The molecule has 0 heterocycles. The van der Waals surface area contributed by atoms with Crippen molar-refractivity contribution >= 4 is 11.9 Å².